The van der Waals surface area contributed by atoms with E-state index in [0.717, 1.165) is 24.2 Å². The van der Waals surface area contributed by atoms with Crippen LogP contribution < -0.4 is 5.32 Å². The number of amides is 3. The van der Waals surface area contributed by atoms with E-state index in [9.17, 15) is 22.8 Å². The van der Waals surface area contributed by atoms with Crippen LogP contribution in [0.15, 0.2) is 53.4 Å². The van der Waals surface area contributed by atoms with E-state index in [2.05, 4.69) is 5.32 Å². The fraction of sp³-hybridized carbons (Fsp3) is 0.348. The van der Waals surface area contributed by atoms with E-state index in [1.165, 1.54) is 10.4 Å². The first kappa shape index (κ1) is 22.2. The number of nitrogens with zero attached hydrogens (tertiary/aromatic N) is 2. The van der Waals surface area contributed by atoms with Gasteiger partial charge in [0.25, 0.3) is 11.8 Å². The molecule has 0 radical (unpaired) electrons. The zero-order valence-corrected chi connectivity index (χ0v) is 18.4. The summed E-state index contributed by atoms with van der Waals surface area (Å²) in [6.07, 6.45) is 2.98. The molecule has 2 aliphatic rings. The summed E-state index contributed by atoms with van der Waals surface area (Å²) in [6.45, 7) is 1.07. The number of sulfonamides is 1. The normalized spacial score (nSPS) is 16.8. The van der Waals surface area contributed by atoms with Gasteiger partial charge in [-0.2, -0.15) is 4.31 Å². The number of carbonyl (C=O) groups excluding carboxylic acids is 3. The zero-order chi connectivity index (χ0) is 22.7. The molecule has 2 heterocycles. The number of para-hydroxylation sites is 1. The van der Waals surface area contributed by atoms with Crippen LogP contribution in [0.2, 0.25) is 0 Å². The Hall–Kier alpha value is -3.04. The third-order valence-corrected chi connectivity index (χ3v) is 7.71. The minimum absolute atomic E-state index is 0.0471. The molecule has 1 N–H and O–H groups in total. The molecule has 9 heteroatoms. The number of hydrogen-bond donors (Lipinski definition) is 1. The topological polar surface area (TPSA) is 104 Å². The van der Waals surface area contributed by atoms with Crippen molar-refractivity contribution in [2.24, 2.45) is 0 Å². The van der Waals surface area contributed by atoms with Crippen LogP contribution >= 0.6 is 0 Å². The molecule has 0 saturated carbocycles. The zero-order valence-electron chi connectivity index (χ0n) is 17.6. The van der Waals surface area contributed by atoms with E-state index < -0.39 is 10.0 Å². The molecular weight excluding hydrogens is 430 g/mol. The second kappa shape index (κ2) is 9.22. The van der Waals surface area contributed by atoms with E-state index in [1.54, 1.807) is 42.5 Å². The molecule has 0 aliphatic carbocycles. The molecular formula is C23H25N3O5S. The lowest BCUT2D eigenvalue weighted by Crippen LogP contribution is -2.36. The average Bonchev–Trinajstić information content (AvgIpc) is 3.05. The van der Waals surface area contributed by atoms with Gasteiger partial charge in [0.2, 0.25) is 15.9 Å². The van der Waals surface area contributed by atoms with Gasteiger partial charge in [-0.15, -0.1) is 0 Å². The Labute approximate surface area is 187 Å². The summed E-state index contributed by atoms with van der Waals surface area (Å²) in [5.41, 5.74) is 0.987. The van der Waals surface area contributed by atoms with Gasteiger partial charge < -0.3 is 5.32 Å². The van der Waals surface area contributed by atoms with Gasteiger partial charge in [0.1, 0.15) is 4.90 Å². The number of nitrogens with one attached hydrogen (secondary N) is 1. The largest absolute Gasteiger partial charge is 0.325 e. The van der Waals surface area contributed by atoms with Crippen molar-refractivity contribution in [3.8, 4) is 0 Å². The van der Waals surface area contributed by atoms with Crippen LogP contribution in [0.1, 0.15) is 52.8 Å². The molecule has 2 aliphatic heterocycles. The Bertz CT molecular complexity index is 1120. The summed E-state index contributed by atoms with van der Waals surface area (Å²) in [7, 11) is -3.70. The summed E-state index contributed by atoms with van der Waals surface area (Å²) in [5.74, 6) is -1.09. The Morgan fingerprint density at radius 3 is 2.12 bits per heavy atom. The maximum atomic E-state index is 13.1. The molecule has 0 bridgehead atoms. The van der Waals surface area contributed by atoms with E-state index in [4.69, 9.17) is 0 Å². The third kappa shape index (κ3) is 4.31. The van der Waals surface area contributed by atoms with Crippen molar-refractivity contribution < 1.29 is 22.8 Å². The summed E-state index contributed by atoms with van der Waals surface area (Å²) >= 11 is 0. The maximum absolute atomic E-state index is 13.1. The highest BCUT2D eigenvalue weighted by atomic mass is 32.2. The number of carbonyl (C=O) groups is 3. The lowest BCUT2D eigenvalue weighted by atomic mass is 10.1. The van der Waals surface area contributed by atoms with Crippen LogP contribution in [0, 0.1) is 0 Å². The molecule has 2 aromatic rings. The van der Waals surface area contributed by atoms with E-state index in [0.29, 0.717) is 24.2 Å². The molecule has 1 saturated heterocycles. The number of hydrogen-bond acceptors (Lipinski definition) is 5. The van der Waals surface area contributed by atoms with Gasteiger partial charge in [0.15, 0.2) is 0 Å². The van der Waals surface area contributed by atoms with E-state index in [1.807, 2.05) is 0 Å². The number of piperidine rings is 1. The average molecular weight is 456 g/mol. The SMILES string of the molecule is O=C(CCCN1C(=O)c2ccccc2C1=O)Nc1ccccc1S(=O)(=O)N1CCCCC1. The van der Waals surface area contributed by atoms with Gasteiger partial charge in [-0.25, -0.2) is 8.42 Å². The first-order chi connectivity index (χ1) is 15.4. The quantitative estimate of drug-likeness (QED) is 0.647. The monoisotopic (exact) mass is 455 g/mol. The first-order valence-corrected chi connectivity index (χ1v) is 12.2. The third-order valence-electron chi connectivity index (χ3n) is 5.76. The van der Waals surface area contributed by atoms with Crippen molar-refractivity contribution >= 4 is 33.4 Å². The molecule has 3 amide bonds. The Kier molecular flexibility index (Phi) is 6.38. The first-order valence-electron chi connectivity index (χ1n) is 10.7. The minimum atomic E-state index is -3.70. The van der Waals surface area contributed by atoms with Crippen LogP contribution in [-0.2, 0) is 14.8 Å². The summed E-state index contributed by atoms with van der Waals surface area (Å²) < 4.78 is 27.6. The molecule has 0 atom stereocenters. The molecule has 0 spiro atoms. The van der Waals surface area contributed by atoms with Crippen LogP contribution in [0.25, 0.3) is 0 Å². The molecule has 1 fully saturated rings. The Balaban J connectivity index is 1.37. The molecule has 8 nitrogen and oxygen atoms in total. The fourth-order valence-corrected chi connectivity index (χ4v) is 5.76. The van der Waals surface area contributed by atoms with Crippen molar-refractivity contribution in [1.82, 2.24) is 9.21 Å². The summed E-state index contributed by atoms with van der Waals surface area (Å²) in [6, 6.07) is 13.0. The molecule has 168 valence electrons. The molecule has 32 heavy (non-hydrogen) atoms. The van der Waals surface area contributed by atoms with Gasteiger partial charge in [0, 0.05) is 26.1 Å². The van der Waals surface area contributed by atoms with Crippen LogP contribution in [0.5, 0.6) is 0 Å². The van der Waals surface area contributed by atoms with Crippen molar-refractivity contribution in [2.45, 2.75) is 37.0 Å². The van der Waals surface area contributed by atoms with Gasteiger partial charge in [-0.05, 0) is 43.5 Å². The standard InChI is InChI=1S/C23H25N3O5S/c27-21(13-8-16-26-22(28)17-9-2-3-10-18(17)23(26)29)24-19-11-4-5-12-20(19)32(30,31)25-14-6-1-7-15-25/h2-5,9-12H,1,6-8,13-16H2,(H,24,27). The van der Waals surface area contributed by atoms with Gasteiger partial charge >= 0.3 is 0 Å². The summed E-state index contributed by atoms with van der Waals surface area (Å²) in [4.78, 5) is 38.6. The smallest absolute Gasteiger partial charge is 0.261 e. The molecule has 2 aromatic carbocycles. The number of imide groups is 1. The summed E-state index contributed by atoms with van der Waals surface area (Å²) in [5, 5.41) is 2.69. The van der Waals surface area contributed by atoms with Crippen LogP contribution in [-0.4, -0.2) is 55.0 Å². The van der Waals surface area contributed by atoms with Gasteiger partial charge in [-0.3, -0.25) is 19.3 Å². The minimum Gasteiger partial charge on any atom is -0.325 e. The molecule has 0 aromatic heterocycles. The predicted octanol–water partition coefficient (Wildman–Crippen LogP) is 2.88. The number of benzene rings is 2. The second-order valence-electron chi connectivity index (χ2n) is 7.92. The van der Waals surface area contributed by atoms with Crippen molar-refractivity contribution in [1.29, 1.82) is 0 Å². The highest BCUT2D eigenvalue weighted by Gasteiger charge is 2.34. The van der Waals surface area contributed by atoms with Crippen molar-refractivity contribution in [3.05, 3.63) is 59.7 Å². The molecule has 0 unspecified atom stereocenters. The van der Waals surface area contributed by atoms with Crippen LogP contribution in [0.4, 0.5) is 5.69 Å². The predicted molar refractivity (Wildman–Crippen MR) is 119 cm³/mol. The lowest BCUT2D eigenvalue weighted by molar-refractivity contribution is -0.116. The molecule has 4 rings (SSSR count). The van der Waals surface area contributed by atoms with Gasteiger partial charge in [-0.1, -0.05) is 30.7 Å². The van der Waals surface area contributed by atoms with E-state index in [-0.39, 0.29) is 47.7 Å². The second-order valence-corrected chi connectivity index (χ2v) is 9.83. The van der Waals surface area contributed by atoms with Crippen molar-refractivity contribution in [3.63, 3.8) is 0 Å². The maximum Gasteiger partial charge on any atom is 0.261 e. The van der Waals surface area contributed by atoms with Crippen LogP contribution in [0.3, 0.4) is 0 Å². The Morgan fingerprint density at radius 1 is 0.875 bits per heavy atom. The number of fused-ring (bicyclic) bond motifs is 1. The van der Waals surface area contributed by atoms with Crippen molar-refractivity contribution in [2.75, 3.05) is 25.0 Å². The highest BCUT2D eigenvalue weighted by Crippen LogP contribution is 2.27. The highest BCUT2D eigenvalue weighted by molar-refractivity contribution is 7.89. The van der Waals surface area contributed by atoms with Gasteiger partial charge in [0.05, 0.1) is 16.8 Å². The fourth-order valence-electron chi connectivity index (χ4n) is 4.09. The number of anilines is 1. The number of rotatable bonds is 7. The Morgan fingerprint density at radius 2 is 1.47 bits per heavy atom. The van der Waals surface area contributed by atoms with E-state index >= 15 is 0 Å². The lowest BCUT2D eigenvalue weighted by Gasteiger charge is -2.26.